The molecule has 2 amide bonds. The third kappa shape index (κ3) is 3.45. The van der Waals surface area contributed by atoms with Gasteiger partial charge in [-0.1, -0.05) is 12.1 Å². The molecule has 3 saturated heterocycles. The first kappa shape index (κ1) is 25.8. The number of benzene rings is 2. The lowest BCUT2D eigenvalue weighted by atomic mass is 9.46. The van der Waals surface area contributed by atoms with Gasteiger partial charge in [0.15, 0.2) is 0 Å². The van der Waals surface area contributed by atoms with E-state index in [2.05, 4.69) is 15.9 Å². The zero-order valence-electron chi connectivity index (χ0n) is 24.2. The van der Waals surface area contributed by atoms with Crippen LogP contribution in [0.2, 0.25) is 0 Å². The smallest absolute Gasteiger partial charge is 0.254 e. The summed E-state index contributed by atoms with van der Waals surface area (Å²) >= 11 is 0. The first-order valence-corrected chi connectivity index (χ1v) is 15.8. The van der Waals surface area contributed by atoms with Crippen molar-refractivity contribution < 1.29 is 19.4 Å². The predicted octanol–water partition coefficient (Wildman–Crippen LogP) is 4.22. The summed E-state index contributed by atoms with van der Waals surface area (Å²) in [5.74, 6) is 1.34. The average molecular weight is 556 g/mol. The van der Waals surface area contributed by atoms with Crippen LogP contribution in [0.15, 0.2) is 42.5 Å². The number of rotatable bonds is 6. The normalized spacial score (nSPS) is 34.7. The topological polar surface area (TPSA) is 73.3 Å². The highest BCUT2D eigenvalue weighted by Crippen LogP contribution is 2.69. The molecule has 8 rings (SSSR count). The van der Waals surface area contributed by atoms with Gasteiger partial charge in [0.1, 0.15) is 5.75 Å². The van der Waals surface area contributed by atoms with E-state index in [1.807, 2.05) is 44.2 Å². The Hall–Kier alpha value is -2.90. The third-order valence-corrected chi connectivity index (χ3v) is 11.7. The van der Waals surface area contributed by atoms with Crippen LogP contribution in [0.3, 0.4) is 0 Å². The van der Waals surface area contributed by atoms with Gasteiger partial charge >= 0.3 is 0 Å². The quantitative estimate of drug-likeness (QED) is 0.578. The molecule has 5 unspecified atom stereocenters. The van der Waals surface area contributed by atoms with E-state index >= 15 is 0 Å². The number of hydrogen-bond acceptors (Lipinski definition) is 5. The highest BCUT2D eigenvalue weighted by molar-refractivity contribution is 6.00. The van der Waals surface area contributed by atoms with E-state index in [1.54, 1.807) is 11.0 Å². The van der Waals surface area contributed by atoms with Crippen LogP contribution in [0.4, 0.5) is 0 Å². The molecule has 41 heavy (non-hydrogen) atoms. The second-order valence-electron chi connectivity index (χ2n) is 13.4. The molecule has 3 aliphatic carbocycles. The molecule has 2 aromatic carbocycles. The summed E-state index contributed by atoms with van der Waals surface area (Å²) in [5.41, 5.74) is 3.33. The third-order valence-electron chi connectivity index (χ3n) is 11.7. The minimum absolute atomic E-state index is 0.000702. The maximum absolute atomic E-state index is 14.2. The van der Waals surface area contributed by atoms with E-state index in [0.717, 1.165) is 38.1 Å². The van der Waals surface area contributed by atoms with Crippen LogP contribution in [0.5, 0.6) is 5.75 Å². The van der Waals surface area contributed by atoms with Crippen molar-refractivity contribution in [3.8, 4) is 5.75 Å². The molecule has 7 nitrogen and oxygen atoms in total. The Labute approximate surface area is 242 Å². The van der Waals surface area contributed by atoms with Gasteiger partial charge < -0.3 is 19.6 Å². The number of likely N-dealkylation sites (tertiary alicyclic amines) is 2. The molecule has 5 fully saturated rings. The SMILES string of the molecule is CCN(CC)C(=O)c1cccc(C(=O)N2C[C@H]3OC45CCC2C3C42CCN(CC3CC3)C5Cc3ccc(O)cc32)c1. The Bertz CT molecular complexity index is 1420. The Morgan fingerprint density at radius 3 is 2.63 bits per heavy atom. The fourth-order valence-corrected chi connectivity index (χ4v) is 9.90. The Balaban J connectivity index is 1.16. The monoisotopic (exact) mass is 555 g/mol. The lowest BCUT2D eigenvalue weighted by Gasteiger charge is -2.64. The van der Waals surface area contributed by atoms with Crippen molar-refractivity contribution in [2.24, 2.45) is 11.8 Å². The number of phenolic OH excluding ortho intramolecular Hbond substituents is 1. The molecular formula is C34H41N3O4. The van der Waals surface area contributed by atoms with E-state index in [-0.39, 0.29) is 40.9 Å². The molecule has 4 bridgehead atoms. The molecule has 6 atom stereocenters. The van der Waals surface area contributed by atoms with Crippen molar-refractivity contribution in [2.75, 3.05) is 32.7 Å². The summed E-state index contributed by atoms with van der Waals surface area (Å²) in [6.07, 6.45) is 6.55. The maximum Gasteiger partial charge on any atom is 0.254 e. The fourth-order valence-electron chi connectivity index (χ4n) is 9.90. The minimum atomic E-state index is -0.252. The number of fused-ring (bicyclic) bond motifs is 1. The van der Waals surface area contributed by atoms with Crippen LogP contribution in [-0.2, 0) is 16.6 Å². The van der Waals surface area contributed by atoms with Gasteiger partial charge in [-0.25, -0.2) is 0 Å². The van der Waals surface area contributed by atoms with E-state index < -0.39 is 0 Å². The molecule has 0 radical (unpaired) electrons. The van der Waals surface area contributed by atoms with E-state index in [9.17, 15) is 14.7 Å². The second kappa shape index (κ2) is 9.05. The molecule has 0 spiro atoms. The van der Waals surface area contributed by atoms with Crippen molar-refractivity contribution in [1.29, 1.82) is 0 Å². The van der Waals surface area contributed by atoms with Gasteiger partial charge in [-0.3, -0.25) is 14.5 Å². The van der Waals surface area contributed by atoms with Crippen molar-refractivity contribution >= 4 is 11.8 Å². The van der Waals surface area contributed by atoms with Crippen molar-refractivity contribution in [2.45, 2.75) is 81.6 Å². The molecule has 3 aliphatic heterocycles. The predicted molar refractivity (Wildman–Crippen MR) is 155 cm³/mol. The number of phenols is 1. The van der Waals surface area contributed by atoms with Crippen LogP contribution in [0.25, 0.3) is 0 Å². The maximum atomic E-state index is 14.2. The number of amides is 2. The molecule has 2 aromatic rings. The van der Waals surface area contributed by atoms with Gasteiger partial charge in [-0.05, 0) is 106 Å². The first-order chi connectivity index (χ1) is 19.9. The molecule has 1 N–H and O–H groups in total. The van der Waals surface area contributed by atoms with Crippen LogP contribution < -0.4 is 0 Å². The van der Waals surface area contributed by atoms with Crippen molar-refractivity contribution in [1.82, 2.24) is 14.7 Å². The number of hydrogen-bond donors (Lipinski definition) is 1. The number of ether oxygens (including phenoxy) is 1. The van der Waals surface area contributed by atoms with Crippen LogP contribution >= 0.6 is 0 Å². The van der Waals surface area contributed by atoms with Gasteiger partial charge in [-0.2, -0.15) is 0 Å². The zero-order chi connectivity index (χ0) is 28.1. The van der Waals surface area contributed by atoms with E-state index in [1.165, 1.54) is 30.5 Å². The number of aromatic hydroxyl groups is 1. The van der Waals surface area contributed by atoms with Crippen LogP contribution in [0, 0.1) is 11.8 Å². The summed E-state index contributed by atoms with van der Waals surface area (Å²) in [5, 5.41) is 10.7. The van der Waals surface area contributed by atoms with Crippen molar-refractivity contribution in [3.63, 3.8) is 0 Å². The number of piperidine rings is 1. The Kier molecular flexibility index (Phi) is 5.69. The summed E-state index contributed by atoms with van der Waals surface area (Å²) < 4.78 is 7.32. The molecule has 2 saturated carbocycles. The number of carbonyl (C=O) groups is 2. The fraction of sp³-hybridized carbons (Fsp3) is 0.588. The summed E-state index contributed by atoms with van der Waals surface area (Å²) in [7, 11) is 0. The van der Waals surface area contributed by atoms with Gasteiger partial charge in [-0.15, -0.1) is 0 Å². The standard InChI is InChI=1S/C34H41N3O4/c1-3-35(4-2)31(39)23-6-5-7-24(16-23)32(40)37-20-28-30-27(37)12-13-34(41-28)29-17-22-10-11-25(38)18-26(22)33(30,34)14-15-36(29)19-21-8-9-21/h5-7,10-11,16,18,21,27-30,38H,3-4,8-9,12-15,17,19-20H2,1-2H3/t27?,28-,29?,30?,33?,34?/m1/s1. The minimum Gasteiger partial charge on any atom is -0.508 e. The summed E-state index contributed by atoms with van der Waals surface area (Å²) in [4.78, 5) is 33.8. The first-order valence-electron chi connectivity index (χ1n) is 15.8. The lowest BCUT2D eigenvalue weighted by Crippen LogP contribution is -2.74. The molecule has 216 valence electrons. The molecule has 3 heterocycles. The van der Waals surface area contributed by atoms with Crippen molar-refractivity contribution in [3.05, 3.63) is 64.7 Å². The average Bonchev–Trinajstić information content (AvgIpc) is 3.68. The molecular weight excluding hydrogens is 514 g/mol. The molecule has 0 aromatic heterocycles. The largest absolute Gasteiger partial charge is 0.508 e. The van der Waals surface area contributed by atoms with Gasteiger partial charge in [0.2, 0.25) is 0 Å². The lowest BCUT2D eigenvalue weighted by molar-refractivity contribution is -0.171. The second-order valence-corrected chi connectivity index (χ2v) is 13.4. The highest BCUT2D eigenvalue weighted by atomic mass is 16.5. The van der Waals surface area contributed by atoms with Gasteiger partial charge in [0.25, 0.3) is 11.8 Å². The molecule has 6 aliphatic rings. The molecule has 7 heteroatoms. The van der Waals surface area contributed by atoms with E-state index in [0.29, 0.717) is 42.6 Å². The summed E-state index contributed by atoms with van der Waals surface area (Å²) in [6.45, 7) is 8.06. The highest BCUT2D eigenvalue weighted by Gasteiger charge is 2.78. The summed E-state index contributed by atoms with van der Waals surface area (Å²) in [6, 6.07) is 13.7. The van der Waals surface area contributed by atoms with Gasteiger partial charge in [0.05, 0.1) is 11.7 Å². The van der Waals surface area contributed by atoms with Crippen LogP contribution in [0.1, 0.15) is 77.8 Å². The van der Waals surface area contributed by atoms with Gasteiger partial charge in [0, 0.05) is 60.7 Å². The van der Waals surface area contributed by atoms with E-state index in [4.69, 9.17) is 4.74 Å². The Morgan fingerprint density at radius 2 is 1.85 bits per heavy atom. The number of carbonyl (C=O) groups excluding carboxylic acids is 2. The number of nitrogens with zero attached hydrogens (tertiary/aromatic N) is 3. The van der Waals surface area contributed by atoms with Crippen LogP contribution in [-0.4, -0.2) is 88.1 Å². The Morgan fingerprint density at radius 1 is 1.05 bits per heavy atom. The zero-order valence-corrected chi connectivity index (χ0v) is 24.2.